The second-order valence-electron chi connectivity index (χ2n) is 8.21. The number of nitrogens with one attached hydrogen (secondary N) is 1. The van der Waals surface area contributed by atoms with Crippen LogP contribution in [0.1, 0.15) is 36.0 Å². The van der Waals surface area contributed by atoms with Gasteiger partial charge in [-0.3, -0.25) is 9.69 Å². The van der Waals surface area contributed by atoms with E-state index in [0.29, 0.717) is 17.4 Å². The van der Waals surface area contributed by atoms with Gasteiger partial charge in [0, 0.05) is 54.5 Å². The molecule has 2 aliphatic rings. The summed E-state index contributed by atoms with van der Waals surface area (Å²) in [6.45, 7) is 4.28. The second-order valence-corrected chi connectivity index (χ2v) is 8.65. The van der Waals surface area contributed by atoms with Crippen molar-refractivity contribution in [1.82, 2.24) is 10.2 Å². The summed E-state index contributed by atoms with van der Waals surface area (Å²) in [6.07, 6.45) is 4.36. The molecule has 1 N–H and O–H groups in total. The number of hydrogen-bond donors (Lipinski definition) is 1. The number of carbonyl (C=O) groups is 1. The van der Waals surface area contributed by atoms with E-state index >= 15 is 0 Å². The summed E-state index contributed by atoms with van der Waals surface area (Å²) in [5.41, 5.74) is 1.91. The van der Waals surface area contributed by atoms with Crippen LogP contribution in [-0.2, 0) is 0 Å². The van der Waals surface area contributed by atoms with Crippen LogP contribution >= 0.6 is 11.6 Å². The molecule has 1 saturated carbocycles. The Morgan fingerprint density at radius 2 is 1.70 bits per heavy atom. The Morgan fingerprint density at radius 1 is 1.00 bits per heavy atom. The highest BCUT2D eigenvalue weighted by molar-refractivity contribution is 6.30. The van der Waals surface area contributed by atoms with E-state index in [1.807, 2.05) is 30.3 Å². The van der Waals surface area contributed by atoms with E-state index in [1.165, 1.54) is 5.69 Å². The Hall–Kier alpha value is -2.24. The third kappa shape index (κ3) is 5.08. The van der Waals surface area contributed by atoms with E-state index in [2.05, 4.69) is 27.2 Å². The molecule has 160 valence electrons. The average molecular weight is 428 g/mol. The van der Waals surface area contributed by atoms with Gasteiger partial charge in [0.2, 0.25) is 0 Å². The van der Waals surface area contributed by atoms with Gasteiger partial charge in [-0.2, -0.15) is 0 Å². The number of rotatable bonds is 5. The molecule has 6 heteroatoms. The van der Waals surface area contributed by atoms with E-state index < -0.39 is 0 Å². The second kappa shape index (κ2) is 9.71. The summed E-state index contributed by atoms with van der Waals surface area (Å²) < 4.78 is 5.22. The van der Waals surface area contributed by atoms with Gasteiger partial charge in [-0.1, -0.05) is 17.7 Å². The zero-order valence-electron chi connectivity index (χ0n) is 17.5. The van der Waals surface area contributed by atoms with Crippen LogP contribution in [0.2, 0.25) is 5.02 Å². The fourth-order valence-corrected chi connectivity index (χ4v) is 4.74. The van der Waals surface area contributed by atoms with E-state index in [1.54, 1.807) is 13.2 Å². The molecule has 1 aliphatic carbocycles. The first-order chi connectivity index (χ1) is 14.6. The quantitative estimate of drug-likeness (QED) is 0.776. The van der Waals surface area contributed by atoms with Crippen molar-refractivity contribution in [3.8, 4) is 5.75 Å². The molecule has 0 bridgehead atoms. The summed E-state index contributed by atoms with van der Waals surface area (Å²) in [4.78, 5) is 17.6. The molecule has 1 amide bonds. The van der Waals surface area contributed by atoms with Gasteiger partial charge in [0.15, 0.2) is 0 Å². The van der Waals surface area contributed by atoms with Gasteiger partial charge in [0.1, 0.15) is 5.75 Å². The van der Waals surface area contributed by atoms with Crippen LogP contribution in [0.15, 0.2) is 48.5 Å². The minimum Gasteiger partial charge on any atom is -0.497 e. The molecule has 1 heterocycles. The Bertz CT molecular complexity index is 842. The number of nitrogens with zero attached hydrogens (tertiary/aromatic N) is 2. The zero-order chi connectivity index (χ0) is 20.9. The van der Waals surface area contributed by atoms with Crippen molar-refractivity contribution < 1.29 is 9.53 Å². The van der Waals surface area contributed by atoms with Crippen molar-refractivity contribution in [3.63, 3.8) is 0 Å². The van der Waals surface area contributed by atoms with Crippen LogP contribution in [0.5, 0.6) is 5.75 Å². The molecule has 2 aromatic carbocycles. The topological polar surface area (TPSA) is 44.8 Å². The summed E-state index contributed by atoms with van der Waals surface area (Å²) in [5, 5.41) is 4.00. The van der Waals surface area contributed by atoms with Crippen molar-refractivity contribution in [2.45, 2.75) is 37.8 Å². The predicted octanol–water partition coefficient (Wildman–Crippen LogP) is 4.21. The van der Waals surface area contributed by atoms with Gasteiger partial charge in [-0.15, -0.1) is 0 Å². The van der Waals surface area contributed by atoms with Gasteiger partial charge in [0.05, 0.1) is 7.11 Å². The third-order valence-electron chi connectivity index (χ3n) is 6.39. The standard InChI is InChI=1S/C24H30ClN3O2/c1-30-23-4-2-3-18(17-23)24(29)26-20-7-11-22(12-8-20)28-15-13-27(14-16-28)21-9-5-19(25)6-10-21/h2-6,9-10,17,20,22H,7-8,11-16H2,1H3,(H,26,29). The van der Waals surface area contributed by atoms with E-state index in [0.717, 1.165) is 56.9 Å². The summed E-state index contributed by atoms with van der Waals surface area (Å²) in [5.74, 6) is 0.707. The van der Waals surface area contributed by atoms with Crippen LogP contribution in [0.4, 0.5) is 5.69 Å². The number of ether oxygens (including phenoxy) is 1. The van der Waals surface area contributed by atoms with Crippen molar-refractivity contribution in [2.75, 3.05) is 38.2 Å². The maximum Gasteiger partial charge on any atom is 0.251 e. The first kappa shape index (κ1) is 21.0. The number of hydrogen-bond acceptors (Lipinski definition) is 4. The molecule has 1 aliphatic heterocycles. The normalized spacial score (nSPS) is 22.5. The molecule has 2 fully saturated rings. The lowest BCUT2D eigenvalue weighted by atomic mass is 9.89. The third-order valence-corrected chi connectivity index (χ3v) is 6.64. The fraction of sp³-hybridized carbons (Fsp3) is 0.458. The van der Waals surface area contributed by atoms with Gasteiger partial charge in [-0.05, 0) is 68.1 Å². The highest BCUT2D eigenvalue weighted by Crippen LogP contribution is 2.26. The number of piperazine rings is 1. The lowest BCUT2D eigenvalue weighted by molar-refractivity contribution is 0.0898. The number of benzene rings is 2. The molecule has 4 rings (SSSR count). The van der Waals surface area contributed by atoms with E-state index in [-0.39, 0.29) is 11.9 Å². The number of halogens is 1. The molecule has 2 aromatic rings. The fourth-order valence-electron chi connectivity index (χ4n) is 4.62. The maximum atomic E-state index is 12.6. The zero-order valence-corrected chi connectivity index (χ0v) is 18.3. The Morgan fingerprint density at radius 3 is 2.37 bits per heavy atom. The minimum absolute atomic E-state index is 0.00562. The van der Waals surface area contributed by atoms with Crippen LogP contribution in [0.3, 0.4) is 0 Å². The Kier molecular flexibility index (Phi) is 6.80. The number of amides is 1. The highest BCUT2D eigenvalue weighted by Gasteiger charge is 2.29. The molecule has 30 heavy (non-hydrogen) atoms. The van der Waals surface area contributed by atoms with E-state index in [9.17, 15) is 4.79 Å². The molecule has 0 radical (unpaired) electrons. The lowest BCUT2D eigenvalue weighted by Crippen LogP contribution is -2.52. The molecule has 0 unspecified atom stereocenters. The summed E-state index contributed by atoms with van der Waals surface area (Å²) >= 11 is 6.01. The number of anilines is 1. The van der Waals surface area contributed by atoms with Crippen LogP contribution in [-0.4, -0.2) is 56.2 Å². The smallest absolute Gasteiger partial charge is 0.251 e. The molecular formula is C24H30ClN3O2. The Labute approximate surface area is 184 Å². The van der Waals surface area contributed by atoms with Crippen LogP contribution < -0.4 is 15.0 Å². The number of carbonyl (C=O) groups excluding carboxylic acids is 1. The van der Waals surface area contributed by atoms with Gasteiger partial charge < -0.3 is 15.0 Å². The van der Waals surface area contributed by atoms with E-state index in [4.69, 9.17) is 16.3 Å². The van der Waals surface area contributed by atoms with Crippen molar-refractivity contribution in [1.29, 1.82) is 0 Å². The first-order valence-electron chi connectivity index (χ1n) is 10.8. The molecule has 0 atom stereocenters. The molecular weight excluding hydrogens is 398 g/mol. The van der Waals surface area contributed by atoms with Gasteiger partial charge in [0.25, 0.3) is 5.91 Å². The Balaban J connectivity index is 1.23. The first-order valence-corrected chi connectivity index (χ1v) is 11.2. The monoisotopic (exact) mass is 427 g/mol. The molecule has 0 aromatic heterocycles. The summed E-state index contributed by atoms with van der Waals surface area (Å²) in [6, 6.07) is 16.4. The maximum absolute atomic E-state index is 12.6. The SMILES string of the molecule is COc1cccc(C(=O)NC2CCC(N3CCN(c4ccc(Cl)cc4)CC3)CC2)c1. The minimum atomic E-state index is -0.00562. The van der Waals surface area contributed by atoms with Crippen LogP contribution in [0.25, 0.3) is 0 Å². The molecule has 1 saturated heterocycles. The van der Waals surface area contributed by atoms with Crippen molar-refractivity contribution in [3.05, 3.63) is 59.1 Å². The van der Waals surface area contributed by atoms with Gasteiger partial charge in [-0.25, -0.2) is 0 Å². The number of methoxy groups -OCH3 is 1. The summed E-state index contributed by atoms with van der Waals surface area (Å²) in [7, 11) is 1.62. The van der Waals surface area contributed by atoms with Crippen molar-refractivity contribution >= 4 is 23.2 Å². The van der Waals surface area contributed by atoms with Crippen molar-refractivity contribution in [2.24, 2.45) is 0 Å². The molecule has 0 spiro atoms. The average Bonchev–Trinajstić information content (AvgIpc) is 2.80. The largest absolute Gasteiger partial charge is 0.497 e. The lowest BCUT2D eigenvalue weighted by Gasteiger charge is -2.42. The predicted molar refractivity (Wildman–Crippen MR) is 122 cm³/mol. The molecule has 5 nitrogen and oxygen atoms in total. The highest BCUT2D eigenvalue weighted by atomic mass is 35.5. The van der Waals surface area contributed by atoms with Crippen LogP contribution in [0, 0.1) is 0 Å². The van der Waals surface area contributed by atoms with Gasteiger partial charge >= 0.3 is 0 Å².